The largest absolute Gasteiger partial charge is 0.394 e. The first-order valence-electron chi connectivity index (χ1n) is 24.7. The van der Waals surface area contributed by atoms with Crippen molar-refractivity contribution in [3.8, 4) is 0 Å². The van der Waals surface area contributed by atoms with Gasteiger partial charge in [-0.25, -0.2) is 0 Å². The fourth-order valence-corrected chi connectivity index (χ4v) is 8.22. The molecular formula is C48H95NO8. The van der Waals surface area contributed by atoms with E-state index in [1.54, 1.807) is 0 Å². The summed E-state index contributed by atoms with van der Waals surface area (Å²) >= 11 is 0. The van der Waals surface area contributed by atoms with Crippen molar-refractivity contribution in [1.29, 1.82) is 0 Å². The third-order valence-corrected chi connectivity index (χ3v) is 12.2. The molecule has 6 N–H and O–H groups in total. The van der Waals surface area contributed by atoms with Crippen LogP contribution in [0.15, 0.2) is 0 Å². The van der Waals surface area contributed by atoms with Gasteiger partial charge in [-0.1, -0.05) is 226 Å². The summed E-state index contributed by atoms with van der Waals surface area (Å²) in [6.07, 6.45) is 36.8. The lowest BCUT2D eigenvalue weighted by molar-refractivity contribution is -0.302. The van der Waals surface area contributed by atoms with E-state index in [4.69, 9.17) is 9.47 Å². The van der Waals surface area contributed by atoms with E-state index in [2.05, 4.69) is 19.2 Å². The van der Waals surface area contributed by atoms with Gasteiger partial charge in [-0.3, -0.25) is 4.79 Å². The molecule has 0 aromatic carbocycles. The summed E-state index contributed by atoms with van der Waals surface area (Å²) in [5.41, 5.74) is 0. The van der Waals surface area contributed by atoms with Crippen LogP contribution in [0.1, 0.15) is 245 Å². The van der Waals surface area contributed by atoms with Crippen molar-refractivity contribution < 1.29 is 39.8 Å². The summed E-state index contributed by atoms with van der Waals surface area (Å²) in [7, 11) is 0. The molecule has 1 amide bonds. The highest BCUT2D eigenvalue weighted by Gasteiger charge is 2.44. The third-order valence-electron chi connectivity index (χ3n) is 12.2. The number of rotatable bonds is 42. The summed E-state index contributed by atoms with van der Waals surface area (Å²) in [4.78, 5) is 13.0. The number of carbonyl (C=O) groups excluding carboxylic acids is 1. The summed E-state index contributed by atoms with van der Waals surface area (Å²) < 4.78 is 11.3. The van der Waals surface area contributed by atoms with Crippen LogP contribution in [-0.2, 0) is 14.3 Å². The fourth-order valence-electron chi connectivity index (χ4n) is 8.22. The average Bonchev–Trinajstić information content (AvgIpc) is 3.21. The van der Waals surface area contributed by atoms with Gasteiger partial charge in [0.15, 0.2) is 6.29 Å². The smallest absolute Gasteiger partial charge is 0.220 e. The molecule has 0 aromatic rings. The van der Waals surface area contributed by atoms with E-state index in [0.29, 0.717) is 12.8 Å². The van der Waals surface area contributed by atoms with Crippen LogP contribution in [0.3, 0.4) is 0 Å². The van der Waals surface area contributed by atoms with Crippen LogP contribution in [0.25, 0.3) is 0 Å². The van der Waals surface area contributed by atoms with Gasteiger partial charge in [0.25, 0.3) is 0 Å². The van der Waals surface area contributed by atoms with E-state index in [0.717, 1.165) is 38.5 Å². The summed E-state index contributed by atoms with van der Waals surface area (Å²) in [6, 6.07) is -0.711. The molecule has 0 radical (unpaired) electrons. The molecule has 0 saturated carbocycles. The monoisotopic (exact) mass is 814 g/mol. The van der Waals surface area contributed by atoms with Crippen LogP contribution in [0.2, 0.25) is 0 Å². The molecule has 9 nitrogen and oxygen atoms in total. The zero-order valence-electron chi connectivity index (χ0n) is 37.4. The van der Waals surface area contributed by atoms with Gasteiger partial charge in [0, 0.05) is 6.42 Å². The molecular weight excluding hydrogens is 719 g/mol. The fraction of sp³-hybridized carbons (Fsp3) is 0.979. The van der Waals surface area contributed by atoms with E-state index in [1.807, 2.05) is 0 Å². The van der Waals surface area contributed by atoms with Gasteiger partial charge in [0.1, 0.15) is 24.4 Å². The van der Waals surface area contributed by atoms with E-state index in [-0.39, 0.29) is 12.5 Å². The van der Waals surface area contributed by atoms with Crippen molar-refractivity contribution in [3.05, 3.63) is 0 Å². The van der Waals surface area contributed by atoms with Crippen molar-refractivity contribution >= 4 is 5.91 Å². The molecule has 7 unspecified atom stereocenters. The molecule has 1 aliphatic rings. The number of ether oxygens (including phenoxy) is 2. The Bertz CT molecular complexity index is 862. The Morgan fingerprint density at radius 2 is 0.877 bits per heavy atom. The van der Waals surface area contributed by atoms with Crippen molar-refractivity contribution in [2.24, 2.45) is 0 Å². The molecule has 57 heavy (non-hydrogen) atoms. The number of hydrogen-bond acceptors (Lipinski definition) is 8. The van der Waals surface area contributed by atoms with E-state index in [9.17, 15) is 30.3 Å². The lowest BCUT2D eigenvalue weighted by atomic mass is 9.99. The zero-order chi connectivity index (χ0) is 41.6. The lowest BCUT2D eigenvalue weighted by Gasteiger charge is -2.40. The van der Waals surface area contributed by atoms with Crippen LogP contribution >= 0.6 is 0 Å². The topological polar surface area (TPSA) is 149 Å². The zero-order valence-corrected chi connectivity index (χ0v) is 37.4. The van der Waals surface area contributed by atoms with Gasteiger partial charge < -0.3 is 40.3 Å². The second-order valence-corrected chi connectivity index (χ2v) is 17.6. The van der Waals surface area contributed by atoms with Gasteiger partial charge in [-0.05, 0) is 12.8 Å². The molecule has 0 bridgehead atoms. The molecule has 340 valence electrons. The van der Waals surface area contributed by atoms with Crippen molar-refractivity contribution in [2.75, 3.05) is 13.2 Å². The van der Waals surface area contributed by atoms with Crippen LogP contribution < -0.4 is 5.32 Å². The Morgan fingerprint density at radius 1 is 0.526 bits per heavy atom. The molecule has 0 aliphatic carbocycles. The van der Waals surface area contributed by atoms with Crippen LogP contribution in [-0.4, -0.2) is 87.5 Å². The maximum absolute atomic E-state index is 13.0. The van der Waals surface area contributed by atoms with Gasteiger partial charge in [0.2, 0.25) is 5.91 Å². The van der Waals surface area contributed by atoms with Gasteiger partial charge in [-0.15, -0.1) is 0 Å². The van der Waals surface area contributed by atoms with E-state index < -0.39 is 49.5 Å². The molecule has 1 rings (SSSR count). The number of hydrogen-bond donors (Lipinski definition) is 6. The third kappa shape index (κ3) is 30.0. The molecule has 0 aromatic heterocycles. The molecule has 1 heterocycles. The number of nitrogens with one attached hydrogen (secondary N) is 1. The Kier molecular flexibility index (Phi) is 37.4. The highest BCUT2D eigenvalue weighted by molar-refractivity contribution is 5.76. The molecule has 1 aliphatic heterocycles. The first-order valence-corrected chi connectivity index (χ1v) is 24.7. The number of aliphatic hydroxyl groups is 5. The number of amides is 1. The Morgan fingerprint density at radius 3 is 1.25 bits per heavy atom. The SMILES string of the molecule is CCCCCCCCCCCCCCCCCCCCCCCC(O)C(COC1OC(CO)C(O)C(O)C1O)NC(=O)CCCCCCCCCCCCCCC. The number of unbranched alkanes of at least 4 members (excludes halogenated alkanes) is 32. The second kappa shape index (κ2) is 39.3. The van der Waals surface area contributed by atoms with Gasteiger partial charge in [-0.2, -0.15) is 0 Å². The Labute approximate surface area is 351 Å². The summed E-state index contributed by atoms with van der Waals surface area (Å²) in [6.45, 7) is 3.86. The van der Waals surface area contributed by atoms with Crippen LogP contribution in [0.4, 0.5) is 0 Å². The predicted octanol–water partition coefficient (Wildman–Crippen LogP) is 10.7. The van der Waals surface area contributed by atoms with E-state index >= 15 is 0 Å². The first kappa shape index (κ1) is 54.2. The Hall–Kier alpha value is -0.810. The maximum Gasteiger partial charge on any atom is 0.220 e. The molecule has 1 fully saturated rings. The quantitative estimate of drug-likeness (QED) is 0.0334. The highest BCUT2D eigenvalue weighted by Crippen LogP contribution is 2.23. The predicted molar refractivity (Wildman–Crippen MR) is 235 cm³/mol. The molecule has 0 spiro atoms. The number of aliphatic hydroxyl groups excluding tert-OH is 5. The molecule has 7 atom stereocenters. The Balaban J connectivity index is 2.26. The minimum Gasteiger partial charge on any atom is -0.394 e. The average molecular weight is 814 g/mol. The van der Waals surface area contributed by atoms with Crippen molar-refractivity contribution in [1.82, 2.24) is 5.32 Å². The van der Waals surface area contributed by atoms with E-state index in [1.165, 1.54) is 180 Å². The number of carbonyl (C=O) groups is 1. The van der Waals surface area contributed by atoms with Crippen molar-refractivity contribution in [2.45, 2.75) is 288 Å². The lowest BCUT2D eigenvalue weighted by Crippen LogP contribution is -2.60. The molecule has 1 saturated heterocycles. The van der Waals surface area contributed by atoms with Gasteiger partial charge >= 0.3 is 0 Å². The summed E-state index contributed by atoms with van der Waals surface area (Å²) in [5, 5.41) is 54.4. The second-order valence-electron chi connectivity index (χ2n) is 17.6. The normalized spacial score (nSPS) is 20.9. The minimum atomic E-state index is -1.55. The van der Waals surface area contributed by atoms with Crippen molar-refractivity contribution in [3.63, 3.8) is 0 Å². The summed E-state index contributed by atoms with van der Waals surface area (Å²) in [5.74, 6) is -0.140. The van der Waals surface area contributed by atoms with Gasteiger partial charge in [0.05, 0.1) is 25.4 Å². The highest BCUT2D eigenvalue weighted by atomic mass is 16.7. The maximum atomic E-state index is 13.0. The standard InChI is InChI=1S/C48H95NO8/c1-3-5-7-9-11-13-15-17-18-19-20-21-22-23-24-26-27-29-31-33-35-37-42(51)41(40-56-48-47(55)46(54)45(53)43(39-50)57-48)49-44(52)38-36-34-32-30-28-25-16-14-12-10-8-6-4-2/h41-43,45-48,50-51,53-55H,3-40H2,1-2H3,(H,49,52). The molecule has 9 heteroatoms. The van der Waals surface area contributed by atoms with Crippen LogP contribution in [0.5, 0.6) is 0 Å². The van der Waals surface area contributed by atoms with Crippen LogP contribution in [0, 0.1) is 0 Å². The first-order chi connectivity index (χ1) is 27.8. The minimum absolute atomic E-state index is 0.131.